The van der Waals surface area contributed by atoms with Gasteiger partial charge in [0.2, 0.25) is 11.4 Å². The molecule has 3 unspecified atom stereocenters. The SMILES string of the molecule is CC#CC#CC(=O)CC1(COC(=O)CCCCC)Nc2cccc3c(C4C([O-])C(c5ccc6c7c(cccc57)NC(C#COCCCCC)(C#COCCCCC)N6)C4[O-])ccc(c23)N1. The predicted octanol–water partition coefficient (Wildman–Crippen LogP) is 7.84. The topological polar surface area (TPSA) is 156 Å². The van der Waals surface area contributed by atoms with Gasteiger partial charge < -0.3 is 45.7 Å². The highest BCUT2D eigenvalue weighted by atomic mass is 16.5. The van der Waals surface area contributed by atoms with Crippen molar-refractivity contribution in [2.75, 3.05) is 41.1 Å². The summed E-state index contributed by atoms with van der Waals surface area (Å²) in [6.45, 7) is 8.88. The maximum absolute atomic E-state index is 14.5. The third-order valence-electron chi connectivity index (χ3n) is 12.3. The number of benzene rings is 4. The fraction of sp³-hybridized carbons (Fsp3) is 0.444. The van der Waals surface area contributed by atoms with Crippen LogP contribution in [-0.2, 0) is 23.8 Å². The third kappa shape index (κ3) is 10.4. The Morgan fingerprint density at radius 2 is 1.15 bits per heavy atom. The smallest absolute Gasteiger partial charge is 0.305 e. The van der Waals surface area contributed by atoms with Crippen molar-refractivity contribution in [3.05, 3.63) is 71.8 Å². The highest BCUT2D eigenvalue weighted by molar-refractivity contribution is 6.09. The van der Waals surface area contributed by atoms with Crippen LogP contribution in [-0.4, -0.2) is 55.1 Å². The molecular formula is C54H58N4O7-2. The van der Waals surface area contributed by atoms with Crippen LogP contribution in [0.4, 0.5) is 22.7 Å². The first-order chi connectivity index (χ1) is 31.7. The molecule has 0 aromatic heterocycles. The molecule has 2 aliphatic heterocycles. The molecule has 65 heavy (non-hydrogen) atoms. The first-order valence-corrected chi connectivity index (χ1v) is 23.1. The van der Waals surface area contributed by atoms with Crippen molar-refractivity contribution < 1.29 is 34.0 Å². The minimum absolute atomic E-state index is 0.122. The molecule has 1 fully saturated rings. The van der Waals surface area contributed by atoms with E-state index in [0.29, 0.717) is 42.1 Å². The lowest BCUT2D eigenvalue weighted by Gasteiger charge is -2.62. The Hall–Kier alpha value is -6.50. The molecule has 4 N–H and O–H groups in total. The second kappa shape index (κ2) is 21.5. The highest BCUT2D eigenvalue weighted by Gasteiger charge is 2.43. The van der Waals surface area contributed by atoms with Gasteiger partial charge >= 0.3 is 5.97 Å². The molecule has 4 aromatic carbocycles. The fourth-order valence-electron chi connectivity index (χ4n) is 9.04. The number of unbranched alkanes of at least 4 members (excludes halogenated alkanes) is 6. The zero-order valence-electron chi connectivity index (χ0n) is 37.8. The van der Waals surface area contributed by atoms with Crippen molar-refractivity contribution in [3.8, 4) is 47.7 Å². The molecule has 3 atom stereocenters. The van der Waals surface area contributed by atoms with Gasteiger partial charge in [-0.05, 0) is 102 Å². The van der Waals surface area contributed by atoms with Crippen LogP contribution in [0.25, 0.3) is 21.5 Å². The van der Waals surface area contributed by atoms with Crippen LogP contribution in [0, 0.1) is 47.7 Å². The van der Waals surface area contributed by atoms with Gasteiger partial charge in [-0.15, -0.1) is 12.2 Å². The molecule has 3 aliphatic rings. The van der Waals surface area contributed by atoms with Gasteiger partial charge in [0.15, 0.2) is 5.66 Å². The summed E-state index contributed by atoms with van der Waals surface area (Å²) in [4.78, 5) is 26.0. The summed E-state index contributed by atoms with van der Waals surface area (Å²) in [6, 6.07) is 18.9. The van der Waals surface area contributed by atoms with Crippen LogP contribution < -0.4 is 31.5 Å². The van der Waals surface area contributed by atoms with Gasteiger partial charge in [0.25, 0.3) is 0 Å². The maximum Gasteiger partial charge on any atom is 0.305 e. The average molecular weight is 875 g/mol. The van der Waals surface area contributed by atoms with E-state index >= 15 is 0 Å². The fourth-order valence-corrected chi connectivity index (χ4v) is 9.04. The molecule has 0 bridgehead atoms. The average Bonchev–Trinajstić information content (AvgIpc) is 3.30. The van der Waals surface area contributed by atoms with E-state index in [1.165, 1.54) is 0 Å². The number of ether oxygens (including phenoxy) is 3. The van der Waals surface area contributed by atoms with E-state index < -0.39 is 35.4 Å². The standard InChI is InChI=1S/C54H58N4O7/c1-5-9-13-19-37(59)35-54(36-65-46(60)24-14-10-6-2)57-43-23-18-21-39-41(26-28-45(58-54)48(39)43)50-51(61)49(52(50)62)40-25-27-44-47-38(40)20-17-22-42(47)55-53(56-44,29-33-63-31-15-11-7-3)30-34-64-32-16-12-8-4/h17-18,20-23,25-28,49-52,55-58H,6-8,10-12,14-16,24,31-32,35-36H2,1-4H3/q-2. The van der Waals surface area contributed by atoms with E-state index in [0.717, 1.165) is 84.3 Å². The largest absolute Gasteiger partial charge is 0.851 e. The lowest BCUT2D eigenvalue weighted by Crippen LogP contribution is -2.63. The molecule has 1 saturated carbocycles. The summed E-state index contributed by atoms with van der Waals surface area (Å²) in [6.07, 6.45) is 12.1. The number of hydrogen-bond donors (Lipinski definition) is 4. The highest BCUT2D eigenvalue weighted by Crippen LogP contribution is 2.52. The van der Waals surface area contributed by atoms with Gasteiger partial charge in [-0.3, -0.25) is 9.59 Å². The zero-order valence-corrected chi connectivity index (χ0v) is 37.8. The lowest BCUT2D eigenvalue weighted by atomic mass is 9.62. The summed E-state index contributed by atoms with van der Waals surface area (Å²) in [5.41, 5.74) is 1.81. The quantitative estimate of drug-likeness (QED) is 0.0335. The Labute approximate surface area is 383 Å². The predicted molar refractivity (Wildman–Crippen MR) is 253 cm³/mol. The summed E-state index contributed by atoms with van der Waals surface area (Å²) in [5.74, 6) is 14.4. The van der Waals surface area contributed by atoms with E-state index in [1.807, 2.05) is 60.7 Å². The first-order valence-electron chi connectivity index (χ1n) is 23.1. The van der Waals surface area contributed by atoms with Crippen LogP contribution in [0.15, 0.2) is 60.7 Å². The number of esters is 1. The molecule has 11 heteroatoms. The number of anilines is 4. The molecule has 11 nitrogen and oxygen atoms in total. The molecular weight excluding hydrogens is 817 g/mol. The number of carbonyl (C=O) groups is 2. The van der Waals surface area contributed by atoms with Gasteiger partial charge in [0, 0.05) is 51.8 Å². The van der Waals surface area contributed by atoms with Crippen molar-refractivity contribution in [2.45, 2.75) is 134 Å². The van der Waals surface area contributed by atoms with Crippen LogP contribution in [0.3, 0.4) is 0 Å². The first kappa shape index (κ1) is 46.5. The summed E-state index contributed by atoms with van der Waals surface area (Å²) in [5, 5.41) is 46.1. The Bertz CT molecular complexity index is 2580. The second-order valence-corrected chi connectivity index (χ2v) is 17.1. The lowest BCUT2D eigenvalue weighted by molar-refractivity contribution is -0.535. The molecule has 0 radical (unpaired) electrons. The minimum atomic E-state index is -1.22. The van der Waals surface area contributed by atoms with Crippen molar-refractivity contribution in [1.82, 2.24) is 0 Å². The molecule has 0 saturated heterocycles. The minimum Gasteiger partial charge on any atom is -0.851 e. The van der Waals surface area contributed by atoms with Crippen LogP contribution >= 0.6 is 0 Å². The Kier molecular flexibility index (Phi) is 15.3. The van der Waals surface area contributed by atoms with Crippen molar-refractivity contribution in [1.29, 1.82) is 0 Å². The molecule has 4 aromatic rings. The Morgan fingerprint density at radius 3 is 1.69 bits per heavy atom. The molecule has 2 heterocycles. The number of hydrogen-bond acceptors (Lipinski definition) is 11. The molecule has 7 rings (SSSR count). The van der Waals surface area contributed by atoms with E-state index in [4.69, 9.17) is 14.2 Å². The Balaban J connectivity index is 1.14. The number of rotatable bonds is 18. The molecule has 0 spiro atoms. The molecule has 1 aliphatic carbocycles. The van der Waals surface area contributed by atoms with Gasteiger partial charge in [-0.25, -0.2) is 0 Å². The van der Waals surface area contributed by atoms with Gasteiger partial charge in [-0.1, -0.05) is 102 Å². The van der Waals surface area contributed by atoms with Gasteiger partial charge in [0.1, 0.15) is 32.0 Å². The summed E-state index contributed by atoms with van der Waals surface area (Å²) < 4.78 is 17.1. The van der Waals surface area contributed by atoms with Crippen molar-refractivity contribution in [3.63, 3.8) is 0 Å². The van der Waals surface area contributed by atoms with Gasteiger partial charge in [-0.2, -0.15) is 0 Å². The second-order valence-electron chi connectivity index (χ2n) is 17.1. The van der Waals surface area contributed by atoms with E-state index in [2.05, 4.69) is 89.8 Å². The van der Waals surface area contributed by atoms with Crippen molar-refractivity contribution >= 4 is 56.0 Å². The van der Waals surface area contributed by atoms with E-state index in [1.54, 1.807) is 6.92 Å². The number of ketones is 1. The molecule has 338 valence electrons. The molecule has 0 amide bonds. The summed E-state index contributed by atoms with van der Waals surface area (Å²) >= 11 is 0. The zero-order chi connectivity index (χ0) is 45.8. The van der Waals surface area contributed by atoms with Crippen molar-refractivity contribution in [2.24, 2.45) is 0 Å². The van der Waals surface area contributed by atoms with Crippen LogP contribution in [0.2, 0.25) is 0 Å². The van der Waals surface area contributed by atoms with Crippen LogP contribution in [0.1, 0.15) is 121 Å². The summed E-state index contributed by atoms with van der Waals surface area (Å²) in [7, 11) is 0. The number of carbonyl (C=O) groups excluding carboxylic acids is 2. The third-order valence-corrected chi connectivity index (χ3v) is 12.3. The van der Waals surface area contributed by atoms with E-state index in [-0.39, 0.29) is 31.2 Å². The normalized spacial score (nSPS) is 20.4. The maximum atomic E-state index is 14.5. The van der Waals surface area contributed by atoms with Gasteiger partial charge in [0.05, 0.1) is 6.42 Å². The Morgan fingerprint density at radius 1 is 0.646 bits per heavy atom. The van der Waals surface area contributed by atoms with Crippen LogP contribution in [0.5, 0.6) is 0 Å². The van der Waals surface area contributed by atoms with E-state index in [9.17, 15) is 19.8 Å². The number of nitrogens with one attached hydrogen (secondary N) is 4. The monoisotopic (exact) mass is 874 g/mol. The number of Topliss-reactive ketones (excluding diaryl/α,β-unsaturated/α-hetero) is 1.